The van der Waals surface area contributed by atoms with Gasteiger partial charge < -0.3 is 15.0 Å². The second-order valence-corrected chi connectivity index (χ2v) is 8.91. The summed E-state index contributed by atoms with van der Waals surface area (Å²) in [7, 11) is 0. The van der Waals surface area contributed by atoms with Crippen LogP contribution in [0, 0.1) is 17.8 Å². The number of halogens is 3. The van der Waals surface area contributed by atoms with Crippen LogP contribution in [0.25, 0.3) is 0 Å². The van der Waals surface area contributed by atoms with E-state index < -0.39 is 29.7 Å². The van der Waals surface area contributed by atoms with Gasteiger partial charge in [0.1, 0.15) is 5.60 Å². The SMILES string of the molecule is C[C@@H]1CCN(C(=O)OC(C)(C)C)C[C@@H]1NC(=O)[C@H]1CCC[C@H](C(F)(F)F)C1. The fraction of sp³-hybridized carbons (Fsp3) is 0.895. The normalized spacial score (nSPS) is 30.0. The predicted molar refractivity (Wildman–Crippen MR) is 95.0 cm³/mol. The minimum atomic E-state index is -4.25. The quantitative estimate of drug-likeness (QED) is 0.769. The minimum absolute atomic E-state index is 0.0968. The molecule has 4 atom stereocenters. The van der Waals surface area contributed by atoms with Crippen LogP contribution in [0.5, 0.6) is 0 Å². The first-order chi connectivity index (χ1) is 12.4. The van der Waals surface area contributed by atoms with E-state index in [1.807, 2.05) is 6.92 Å². The molecule has 0 aromatic rings. The molecule has 2 aliphatic rings. The average molecular weight is 392 g/mol. The minimum Gasteiger partial charge on any atom is -0.444 e. The Bertz CT molecular complexity index is 545. The van der Waals surface area contributed by atoms with E-state index in [2.05, 4.69) is 5.32 Å². The summed E-state index contributed by atoms with van der Waals surface area (Å²) in [6.07, 6.45) is -3.12. The summed E-state index contributed by atoms with van der Waals surface area (Å²) in [5, 5.41) is 2.90. The van der Waals surface area contributed by atoms with E-state index in [1.54, 1.807) is 25.7 Å². The highest BCUT2D eigenvalue weighted by molar-refractivity contribution is 5.79. The predicted octanol–water partition coefficient (Wildman–Crippen LogP) is 4.12. The van der Waals surface area contributed by atoms with Gasteiger partial charge in [-0.05, 0) is 52.4 Å². The van der Waals surface area contributed by atoms with Gasteiger partial charge in [0, 0.05) is 25.0 Å². The molecule has 0 aromatic heterocycles. The number of carbonyl (C=O) groups is 2. The number of nitrogens with zero attached hydrogens (tertiary/aromatic N) is 1. The van der Waals surface area contributed by atoms with Gasteiger partial charge in [-0.3, -0.25) is 4.79 Å². The lowest BCUT2D eigenvalue weighted by Gasteiger charge is -2.39. The van der Waals surface area contributed by atoms with Crippen molar-refractivity contribution < 1.29 is 27.5 Å². The molecule has 1 heterocycles. The molecular formula is C19H31F3N2O3. The first-order valence-corrected chi connectivity index (χ1v) is 9.72. The molecule has 1 N–H and O–H groups in total. The first-order valence-electron chi connectivity index (χ1n) is 9.72. The summed E-state index contributed by atoms with van der Waals surface area (Å²) in [6, 6.07) is -0.273. The van der Waals surface area contributed by atoms with E-state index in [0.717, 1.165) is 0 Å². The fourth-order valence-electron chi connectivity index (χ4n) is 3.78. The van der Waals surface area contributed by atoms with Gasteiger partial charge >= 0.3 is 12.3 Å². The van der Waals surface area contributed by atoms with Gasteiger partial charge in [-0.25, -0.2) is 4.79 Å². The largest absolute Gasteiger partial charge is 0.444 e. The van der Waals surface area contributed by atoms with E-state index in [0.29, 0.717) is 32.4 Å². The van der Waals surface area contributed by atoms with Gasteiger partial charge in [-0.1, -0.05) is 13.3 Å². The summed E-state index contributed by atoms with van der Waals surface area (Å²) >= 11 is 0. The van der Waals surface area contributed by atoms with Crippen molar-refractivity contribution in [3.05, 3.63) is 0 Å². The van der Waals surface area contributed by atoms with Crippen molar-refractivity contribution in [2.45, 2.75) is 77.6 Å². The molecule has 1 saturated heterocycles. The Morgan fingerprint density at radius 2 is 1.78 bits per heavy atom. The standard InChI is InChI=1S/C19H31F3N2O3/c1-12-8-9-24(17(26)27-18(2,3)4)11-15(12)23-16(25)13-6-5-7-14(10-13)19(20,21)22/h12-15H,5-11H2,1-4H3,(H,23,25)/t12-,13+,14+,15+/m1/s1. The van der Waals surface area contributed by atoms with E-state index in [4.69, 9.17) is 4.74 Å². The smallest absolute Gasteiger partial charge is 0.410 e. The zero-order valence-corrected chi connectivity index (χ0v) is 16.6. The van der Waals surface area contributed by atoms with Crippen LogP contribution in [0.3, 0.4) is 0 Å². The van der Waals surface area contributed by atoms with Crippen LogP contribution in [0.1, 0.15) is 59.8 Å². The second-order valence-electron chi connectivity index (χ2n) is 8.91. The maximum absolute atomic E-state index is 13.0. The molecule has 2 fully saturated rings. The molecule has 27 heavy (non-hydrogen) atoms. The number of rotatable bonds is 2. The summed E-state index contributed by atoms with van der Waals surface area (Å²) in [5.41, 5.74) is -0.604. The second kappa shape index (κ2) is 8.27. The van der Waals surface area contributed by atoms with E-state index in [1.165, 1.54) is 0 Å². The van der Waals surface area contributed by atoms with Crippen molar-refractivity contribution in [2.24, 2.45) is 17.8 Å². The fourth-order valence-corrected chi connectivity index (χ4v) is 3.78. The molecule has 0 radical (unpaired) electrons. The van der Waals surface area contributed by atoms with Gasteiger partial charge in [0.2, 0.25) is 5.91 Å². The van der Waals surface area contributed by atoms with Crippen LogP contribution in [-0.2, 0) is 9.53 Å². The van der Waals surface area contributed by atoms with Crippen LogP contribution >= 0.6 is 0 Å². The molecule has 1 saturated carbocycles. The Kier molecular flexibility index (Phi) is 6.68. The zero-order chi connectivity index (χ0) is 20.4. The molecule has 0 spiro atoms. The van der Waals surface area contributed by atoms with Crippen LogP contribution in [0.2, 0.25) is 0 Å². The summed E-state index contributed by atoms with van der Waals surface area (Å²) in [5.74, 6) is -2.19. The van der Waals surface area contributed by atoms with Crippen LogP contribution < -0.4 is 5.32 Å². The number of hydrogen-bond acceptors (Lipinski definition) is 3. The van der Waals surface area contributed by atoms with Crippen LogP contribution in [0.15, 0.2) is 0 Å². The Balaban J connectivity index is 1.94. The van der Waals surface area contributed by atoms with Gasteiger partial charge in [-0.2, -0.15) is 13.2 Å². The lowest BCUT2D eigenvalue weighted by Crippen LogP contribution is -2.55. The molecule has 2 rings (SSSR count). The lowest BCUT2D eigenvalue weighted by molar-refractivity contribution is -0.186. The maximum atomic E-state index is 13.0. The molecular weight excluding hydrogens is 361 g/mol. The monoisotopic (exact) mass is 392 g/mol. The number of carbonyl (C=O) groups excluding carboxylic acids is 2. The number of likely N-dealkylation sites (tertiary alicyclic amines) is 1. The third kappa shape index (κ3) is 6.28. The highest BCUT2D eigenvalue weighted by atomic mass is 19.4. The average Bonchev–Trinajstić information content (AvgIpc) is 2.54. The topological polar surface area (TPSA) is 58.6 Å². The van der Waals surface area contributed by atoms with Crippen LogP contribution in [-0.4, -0.2) is 47.8 Å². The number of amides is 2. The van der Waals surface area contributed by atoms with Gasteiger partial charge in [0.15, 0.2) is 0 Å². The number of nitrogens with one attached hydrogen (secondary N) is 1. The van der Waals surface area contributed by atoms with E-state index in [-0.39, 0.29) is 30.7 Å². The Labute approximate surface area is 159 Å². The molecule has 1 aliphatic heterocycles. The van der Waals surface area contributed by atoms with Crippen LogP contribution in [0.4, 0.5) is 18.0 Å². The third-order valence-electron chi connectivity index (χ3n) is 5.45. The molecule has 2 amide bonds. The number of ether oxygens (including phenoxy) is 1. The lowest BCUT2D eigenvalue weighted by atomic mass is 9.80. The third-order valence-corrected chi connectivity index (χ3v) is 5.45. The summed E-state index contributed by atoms with van der Waals surface area (Å²) in [6.45, 7) is 8.21. The van der Waals surface area contributed by atoms with Crippen molar-refractivity contribution in [2.75, 3.05) is 13.1 Å². The Morgan fingerprint density at radius 1 is 1.11 bits per heavy atom. The Morgan fingerprint density at radius 3 is 2.37 bits per heavy atom. The van der Waals surface area contributed by atoms with E-state index in [9.17, 15) is 22.8 Å². The highest BCUT2D eigenvalue weighted by Gasteiger charge is 2.44. The number of hydrogen-bond donors (Lipinski definition) is 1. The van der Waals surface area contributed by atoms with Crippen molar-refractivity contribution in [3.63, 3.8) is 0 Å². The molecule has 5 nitrogen and oxygen atoms in total. The van der Waals surface area contributed by atoms with Crippen molar-refractivity contribution in [1.29, 1.82) is 0 Å². The van der Waals surface area contributed by atoms with Crippen molar-refractivity contribution >= 4 is 12.0 Å². The molecule has 0 aromatic carbocycles. The Hall–Kier alpha value is -1.47. The van der Waals surface area contributed by atoms with E-state index >= 15 is 0 Å². The van der Waals surface area contributed by atoms with Crippen molar-refractivity contribution in [3.8, 4) is 0 Å². The maximum Gasteiger partial charge on any atom is 0.410 e. The number of alkyl halides is 3. The molecule has 0 unspecified atom stereocenters. The molecule has 8 heteroatoms. The van der Waals surface area contributed by atoms with Crippen molar-refractivity contribution in [1.82, 2.24) is 10.2 Å². The van der Waals surface area contributed by atoms with Gasteiger partial charge in [0.25, 0.3) is 0 Å². The molecule has 1 aliphatic carbocycles. The summed E-state index contributed by atoms with van der Waals surface area (Å²) < 4.78 is 44.3. The zero-order valence-electron chi connectivity index (χ0n) is 16.6. The van der Waals surface area contributed by atoms with Gasteiger partial charge in [-0.15, -0.1) is 0 Å². The van der Waals surface area contributed by atoms with Gasteiger partial charge in [0.05, 0.1) is 5.92 Å². The highest BCUT2D eigenvalue weighted by Crippen LogP contribution is 2.40. The molecule has 156 valence electrons. The summed E-state index contributed by atoms with van der Waals surface area (Å²) in [4.78, 5) is 26.4. The molecule has 0 bridgehead atoms. The number of piperidine rings is 1. The first kappa shape index (κ1) is 21.8.